The van der Waals surface area contributed by atoms with E-state index in [4.69, 9.17) is 5.73 Å². The molecule has 82 valence electrons. The van der Waals surface area contributed by atoms with Gasteiger partial charge in [0, 0.05) is 29.1 Å². The summed E-state index contributed by atoms with van der Waals surface area (Å²) >= 11 is 0. The molecule has 1 unspecified atom stereocenters. The quantitative estimate of drug-likeness (QED) is 0.815. The highest BCUT2D eigenvalue weighted by Gasteiger charge is 2.03. The SMILES string of the molecule is CC(N)Cc1cc2cc(F)ccc2[nH]1.Cl. The maximum absolute atomic E-state index is 12.9. The lowest BCUT2D eigenvalue weighted by Gasteiger charge is -2.00. The highest BCUT2D eigenvalue weighted by atomic mass is 35.5. The zero-order valence-corrected chi connectivity index (χ0v) is 9.27. The second-order valence-electron chi connectivity index (χ2n) is 3.71. The van der Waals surface area contributed by atoms with Gasteiger partial charge in [-0.1, -0.05) is 0 Å². The Morgan fingerprint density at radius 1 is 1.40 bits per heavy atom. The average molecular weight is 229 g/mol. The number of fused-ring (bicyclic) bond motifs is 1. The van der Waals surface area contributed by atoms with Crippen LogP contribution in [0.25, 0.3) is 10.9 Å². The molecule has 0 saturated heterocycles. The Hall–Kier alpha value is -1.06. The largest absolute Gasteiger partial charge is 0.358 e. The summed E-state index contributed by atoms with van der Waals surface area (Å²) in [7, 11) is 0. The van der Waals surface area contributed by atoms with Crippen LogP contribution in [0.1, 0.15) is 12.6 Å². The molecule has 1 aromatic carbocycles. The Kier molecular flexibility index (Phi) is 3.72. The monoisotopic (exact) mass is 228 g/mol. The standard InChI is InChI=1S/C11H13FN2.ClH/c1-7(13)4-10-6-8-5-9(12)2-3-11(8)14-10;/h2-3,5-7,14H,4,13H2,1H3;1H. The highest BCUT2D eigenvalue weighted by Crippen LogP contribution is 2.17. The summed E-state index contributed by atoms with van der Waals surface area (Å²) in [5.41, 5.74) is 7.70. The van der Waals surface area contributed by atoms with Gasteiger partial charge in [-0.05, 0) is 31.2 Å². The summed E-state index contributed by atoms with van der Waals surface area (Å²) in [6.45, 7) is 1.95. The van der Waals surface area contributed by atoms with Gasteiger partial charge in [-0.15, -0.1) is 12.4 Å². The van der Waals surface area contributed by atoms with Crippen LogP contribution in [-0.4, -0.2) is 11.0 Å². The molecule has 0 radical (unpaired) electrons. The zero-order chi connectivity index (χ0) is 10.1. The lowest BCUT2D eigenvalue weighted by molar-refractivity contribution is 0.630. The summed E-state index contributed by atoms with van der Waals surface area (Å²) in [5.74, 6) is -0.205. The third-order valence-electron chi connectivity index (χ3n) is 2.18. The van der Waals surface area contributed by atoms with Gasteiger partial charge in [0.25, 0.3) is 0 Å². The Morgan fingerprint density at radius 2 is 2.13 bits per heavy atom. The van der Waals surface area contributed by atoms with E-state index in [1.165, 1.54) is 12.1 Å². The number of nitrogens with two attached hydrogens (primary N) is 1. The minimum Gasteiger partial charge on any atom is -0.358 e. The van der Waals surface area contributed by atoms with Gasteiger partial charge >= 0.3 is 0 Å². The van der Waals surface area contributed by atoms with E-state index in [0.29, 0.717) is 0 Å². The van der Waals surface area contributed by atoms with Crippen molar-refractivity contribution in [3.8, 4) is 0 Å². The van der Waals surface area contributed by atoms with Crippen LogP contribution < -0.4 is 5.73 Å². The number of benzene rings is 1. The van der Waals surface area contributed by atoms with Crippen molar-refractivity contribution in [2.24, 2.45) is 5.73 Å². The summed E-state index contributed by atoms with van der Waals surface area (Å²) in [6, 6.07) is 6.79. The van der Waals surface area contributed by atoms with E-state index in [1.807, 2.05) is 13.0 Å². The van der Waals surface area contributed by atoms with Crippen molar-refractivity contribution in [1.29, 1.82) is 0 Å². The summed E-state index contributed by atoms with van der Waals surface area (Å²) in [6.07, 6.45) is 0.788. The van der Waals surface area contributed by atoms with Gasteiger partial charge in [0.15, 0.2) is 0 Å². The average Bonchev–Trinajstić information content (AvgIpc) is 2.44. The van der Waals surface area contributed by atoms with Crippen LogP contribution in [0.4, 0.5) is 4.39 Å². The van der Waals surface area contributed by atoms with Gasteiger partial charge < -0.3 is 10.7 Å². The maximum atomic E-state index is 12.9. The number of aromatic amines is 1. The summed E-state index contributed by atoms with van der Waals surface area (Å²) in [4.78, 5) is 3.21. The van der Waals surface area contributed by atoms with E-state index in [9.17, 15) is 4.39 Å². The molecule has 0 aliphatic heterocycles. The first-order chi connectivity index (χ1) is 6.65. The first-order valence-electron chi connectivity index (χ1n) is 4.68. The molecule has 0 aliphatic rings. The number of aromatic nitrogens is 1. The lowest BCUT2D eigenvalue weighted by Crippen LogP contribution is -2.17. The van der Waals surface area contributed by atoms with Crippen LogP contribution in [0.3, 0.4) is 0 Å². The molecular formula is C11H14ClFN2. The van der Waals surface area contributed by atoms with Crippen LogP contribution in [0, 0.1) is 5.82 Å². The van der Waals surface area contributed by atoms with Crippen LogP contribution in [0.15, 0.2) is 24.3 Å². The van der Waals surface area contributed by atoms with Crippen molar-refractivity contribution in [2.75, 3.05) is 0 Å². The molecule has 1 heterocycles. The fourth-order valence-electron chi connectivity index (χ4n) is 1.62. The number of rotatable bonds is 2. The number of H-pyrrole nitrogens is 1. The van der Waals surface area contributed by atoms with Crippen molar-refractivity contribution in [3.63, 3.8) is 0 Å². The van der Waals surface area contributed by atoms with Gasteiger partial charge in [-0.2, -0.15) is 0 Å². The molecule has 3 N–H and O–H groups in total. The molecule has 1 aromatic heterocycles. The van der Waals surface area contributed by atoms with Crippen LogP contribution in [0.2, 0.25) is 0 Å². The number of nitrogens with one attached hydrogen (secondary N) is 1. The fraction of sp³-hybridized carbons (Fsp3) is 0.273. The number of hydrogen-bond donors (Lipinski definition) is 2. The van der Waals surface area contributed by atoms with Gasteiger partial charge in [0.05, 0.1) is 0 Å². The highest BCUT2D eigenvalue weighted by molar-refractivity contribution is 5.85. The van der Waals surface area contributed by atoms with Gasteiger partial charge in [0.2, 0.25) is 0 Å². The van der Waals surface area contributed by atoms with Crippen molar-refractivity contribution in [1.82, 2.24) is 4.98 Å². The predicted molar refractivity (Wildman–Crippen MR) is 62.9 cm³/mol. The Balaban J connectivity index is 0.00000112. The summed E-state index contributed by atoms with van der Waals surface area (Å²) < 4.78 is 12.9. The Labute approximate surface area is 94.1 Å². The fourth-order valence-corrected chi connectivity index (χ4v) is 1.62. The molecule has 2 nitrogen and oxygen atoms in total. The predicted octanol–water partition coefficient (Wildman–Crippen LogP) is 2.62. The topological polar surface area (TPSA) is 41.8 Å². The molecule has 2 rings (SSSR count). The van der Waals surface area contributed by atoms with E-state index >= 15 is 0 Å². The molecule has 0 saturated carbocycles. The van der Waals surface area contributed by atoms with Crippen molar-refractivity contribution in [3.05, 3.63) is 35.8 Å². The van der Waals surface area contributed by atoms with Gasteiger partial charge in [-0.25, -0.2) is 4.39 Å². The second-order valence-corrected chi connectivity index (χ2v) is 3.71. The van der Waals surface area contributed by atoms with Crippen molar-refractivity contribution < 1.29 is 4.39 Å². The minimum atomic E-state index is -0.205. The van der Waals surface area contributed by atoms with E-state index in [2.05, 4.69) is 4.98 Å². The lowest BCUT2D eigenvalue weighted by atomic mass is 10.2. The van der Waals surface area contributed by atoms with Crippen LogP contribution in [0.5, 0.6) is 0 Å². The molecule has 0 aliphatic carbocycles. The molecule has 0 bridgehead atoms. The molecule has 0 spiro atoms. The molecule has 2 aromatic rings. The molecule has 0 fully saturated rings. The van der Waals surface area contributed by atoms with Crippen molar-refractivity contribution >= 4 is 23.3 Å². The van der Waals surface area contributed by atoms with Gasteiger partial charge in [-0.3, -0.25) is 0 Å². The minimum absolute atomic E-state index is 0. The first kappa shape index (κ1) is 12.0. The third kappa shape index (κ3) is 2.70. The third-order valence-corrected chi connectivity index (χ3v) is 2.18. The van der Waals surface area contributed by atoms with Crippen LogP contribution in [-0.2, 0) is 6.42 Å². The van der Waals surface area contributed by atoms with Crippen molar-refractivity contribution in [2.45, 2.75) is 19.4 Å². The Bertz CT molecular complexity index is 451. The normalized spacial score (nSPS) is 12.5. The molecule has 0 amide bonds. The van der Waals surface area contributed by atoms with Crippen LogP contribution >= 0.6 is 12.4 Å². The molecule has 4 heteroatoms. The number of hydrogen-bond acceptors (Lipinski definition) is 1. The van der Waals surface area contributed by atoms with E-state index in [0.717, 1.165) is 23.0 Å². The van der Waals surface area contributed by atoms with Gasteiger partial charge in [0.1, 0.15) is 5.82 Å². The van der Waals surface area contributed by atoms with E-state index in [1.54, 1.807) is 6.07 Å². The number of halogens is 2. The molecule has 15 heavy (non-hydrogen) atoms. The molecule has 1 atom stereocenters. The smallest absolute Gasteiger partial charge is 0.123 e. The Morgan fingerprint density at radius 3 is 2.80 bits per heavy atom. The molecular weight excluding hydrogens is 215 g/mol. The van der Waals surface area contributed by atoms with E-state index < -0.39 is 0 Å². The first-order valence-corrected chi connectivity index (χ1v) is 4.68. The zero-order valence-electron chi connectivity index (χ0n) is 8.46. The van der Waals surface area contributed by atoms with E-state index in [-0.39, 0.29) is 24.3 Å². The maximum Gasteiger partial charge on any atom is 0.123 e. The second kappa shape index (κ2) is 4.64. The summed E-state index contributed by atoms with van der Waals surface area (Å²) in [5, 5.41) is 0.903.